The van der Waals surface area contributed by atoms with E-state index in [0.29, 0.717) is 19.3 Å². The standard InChI is InChI=1S/C53H96O6/c1-4-7-10-13-15-17-19-21-23-25-26-28-29-31-33-35-37-40-43-46-52(55)58-49-50(48-57-51(54)45-42-39-12-9-6-3)59-53(56)47-44-41-38-36-34-32-30-27-24-22-20-18-16-14-11-8-5-2/h16,18,21-24,50H,4-15,17,19-20,25-49H2,1-3H3/b18-16-,23-21-,24-22-. The molecule has 0 aromatic rings. The Morgan fingerprint density at radius 2 is 0.610 bits per heavy atom. The summed E-state index contributed by atoms with van der Waals surface area (Å²) in [5.74, 6) is -0.892. The highest BCUT2D eigenvalue weighted by Gasteiger charge is 2.19. The molecule has 0 spiro atoms. The van der Waals surface area contributed by atoms with Crippen LogP contribution in [0.2, 0.25) is 0 Å². The van der Waals surface area contributed by atoms with Gasteiger partial charge in [-0.15, -0.1) is 0 Å². The molecule has 0 amide bonds. The van der Waals surface area contributed by atoms with Gasteiger partial charge in [-0.25, -0.2) is 0 Å². The van der Waals surface area contributed by atoms with E-state index in [1.54, 1.807) is 0 Å². The first-order valence-corrected chi connectivity index (χ1v) is 25.5. The van der Waals surface area contributed by atoms with Crippen LogP contribution in [0.25, 0.3) is 0 Å². The van der Waals surface area contributed by atoms with Gasteiger partial charge in [0.1, 0.15) is 13.2 Å². The van der Waals surface area contributed by atoms with Crippen LogP contribution in [0.3, 0.4) is 0 Å². The Balaban J connectivity index is 4.16. The topological polar surface area (TPSA) is 78.9 Å². The number of unbranched alkanes of at least 4 members (excludes halogenated alkanes) is 29. The van der Waals surface area contributed by atoms with Crippen molar-refractivity contribution in [3.05, 3.63) is 36.5 Å². The maximum atomic E-state index is 12.7. The number of carbonyl (C=O) groups is 3. The molecular weight excluding hydrogens is 733 g/mol. The van der Waals surface area contributed by atoms with Crippen LogP contribution in [-0.2, 0) is 28.6 Å². The summed E-state index contributed by atoms with van der Waals surface area (Å²) in [7, 11) is 0. The second kappa shape index (κ2) is 48.3. The van der Waals surface area contributed by atoms with Crippen molar-refractivity contribution in [2.45, 2.75) is 271 Å². The Hall–Kier alpha value is -2.37. The van der Waals surface area contributed by atoms with Crippen LogP contribution in [0, 0.1) is 0 Å². The molecule has 0 aromatic heterocycles. The molecule has 0 N–H and O–H groups in total. The summed E-state index contributed by atoms with van der Waals surface area (Å²) in [5, 5.41) is 0. The number of hydrogen-bond donors (Lipinski definition) is 0. The minimum atomic E-state index is -0.771. The highest BCUT2D eigenvalue weighted by molar-refractivity contribution is 5.71. The Labute approximate surface area is 365 Å². The van der Waals surface area contributed by atoms with Crippen LogP contribution in [0.4, 0.5) is 0 Å². The van der Waals surface area contributed by atoms with Crippen molar-refractivity contribution < 1.29 is 28.6 Å². The van der Waals surface area contributed by atoms with Gasteiger partial charge in [0.15, 0.2) is 6.10 Å². The second-order valence-electron chi connectivity index (χ2n) is 17.1. The third-order valence-corrected chi connectivity index (χ3v) is 11.1. The summed E-state index contributed by atoms with van der Waals surface area (Å²) in [6.07, 6.45) is 55.9. The number of rotatable bonds is 46. The van der Waals surface area contributed by atoms with E-state index in [0.717, 1.165) is 77.0 Å². The molecule has 0 aromatic carbocycles. The average molecular weight is 829 g/mol. The number of hydrogen-bond acceptors (Lipinski definition) is 6. The molecule has 0 aliphatic carbocycles. The normalized spacial score (nSPS) is 12.3. The molecule has 0 heterocycles. The highest BCUT2D eigenvalue weighted by atomic mass is 16.6. The molecule has 6 nitrogen and oxygen atoms in total. The average Bonchev–Trinajstić information content (AvgIpc) is 3.23. The van der Waals surface area contributed by atoms with E-state index in [-0.39, 0.29) is 31.1 Å². The highest BCUT2D eigenvalue weighted by Crippen LogP contribution is 2.15. The SMILES string of the molecule is CCCCC/C=C\C/C=C\CCCCCCCCCC(=O)OC(COC(=O)CCCCCCC)COC(=O)CCCCCCCCCCC/C=C\CCCCCCCC. The first-order chi connectivity index (χ1) is 29.0. The van der Waals surface area contributed by atoms with Gasteiger partial charge in [0.2, 0.25) is 0 Å². The van der Waals surface area contributed by atoms with Gasteiger partial charge in [-0.3, -0.25) is 14.4 Å². The maximum absolute atomic E-state index is 12.7. The summed E-state index contributed by atoms with van der Waals surface area (Å²) in [6.45, 7) is 6.53. The molecule has 6 heteroatoms. The first-order valence-electron chi connectivity index (χ1n) is 25.5. The van der Waals surface area contributed by atoms with Gasteiger partial charge in [-0.2, -0.15) is 0 Å². The lowest BCUT2D eigenvalue weighted by molar-refractivity contribution is -0.167. The van der Waals surface area contributed by atoms with E-state index in [4.69, 9.17) is 14.2 Å². The summed E-state index contributed by atoms with van der Waals surface area (Å²) in [6, 6.07) is 0. The van der Waals surface area contributed by atoms with Crippen molar-refractivity contribution >= 4 is 17.9 Å². The zero-order valence-electron chi connectivity index (χ0n) is 39.3. The fourth-order valence-electron chi connectivity index (χ4n) is 7.23. The van der Waals surface area contributed by atoms with Gasteiger partial charge in [-0.05, 0) is 77.0 Å². The van der Waals surface area contributed by atoms with E-state index in [2.05, 4.69) is 57.2 Å². The largest absolute Gasteiger partial charge is 0.462 e. The van der Waals surface area contributed by atoms with Crippen molar-refractivity contribution in [1.82, 2.24) is 0 Å². The minimum absolute atomic E-state index is 0.0752. The molecule has 0 rings (SSSR count). The molecule has 0 bridgehead atoms. The van der Waals surface area contributed by atoms with E-state index >= 15 is 0 Å². The molecule has 0 saturated carbocycles. The monoisotopic (exact) mass is 829 g/mol. The van der Waals surface area contributed by atoms with Crippen molar-refractivity contribution in [3.63, 3.8) is 0 Å². The zero-order chi connectivity index (χ0) is 43.0. The minimum Gasteiger partial charge on any atom is -0.462 e. The van der Waals surface area contributed by atoms with E-state index in [1.165, 1.54) is 148 Å². The summed E-state index contributed by atoms with van der Waals surface area (Å²) in [4.78, 5) is 37.6. The van der Waals surface area contributed by atoms with E-state index in [1.807, 2.05) is 0 Å². The number of carbonyl (C=O) groups excluding carboxylic acids is 3. The second-order valence-corrected chi connectivity index (χ2v) is 17.1. The van der Waals surface area contributed by atoms with Crippen LogP contribution >= 0.6 is 0 Å². The molecule has 0 saturated heterocycles. The molecular formula is C53H96O6. The van der Waals surface area contributed by atoms with Crippen LogP contribution in [0.15, 0.2) is 36.5 Å². The molecule has 0 radical (unpaired) electrons. The van der Waals surface area contributed by atoms with Crippen LogP contribution in [0.5, 0.6) is 0 Å². The van der Waals surface area contributed by atoms with Gasteiger partial charge in [-0.1, -0.05) is 205 Å². The third kappa shape index (κ3) is 46.5. The molecule has 344 valence electrons. The molecule has 0 aliphatic rings. The Kier molecular flexibility index (Phi) is 46.4. The number of ether oxygens (including phenoxy) is 3. The summed E-state index contributed by atoms with van der Waals surface area (Å²) >= 11 is 0. The predicted octanol–water partition coefficient (Wildman–Crippen LogP) is 16.5. The van der Waals surface area contributed by atoms with Gasteiger partial charge >= 0.3 is 17.9 Å². The molecule has 59 heavy (non-hydrogen) atoms. The van der Waals surface area contributed by atoms with Gasteiger partial charge < -0.3 is 14.2 Å². The fourth-order valence-corrected chi connectivity index (χ4v) is 7.23. The lowest BCUT2D eigenvalue weighted by Crippen LogP contribution is -2.30. The maximum Gasteiger partial charge on any atom is 0.306 e. The van der Waals surface area contributed by atoms with Crippen LogP contribution < -0.4 is 0 Å². The molecule has 0 fully saturated rings. The fraction of sp³-hybridized carbons (Fsp3) is 0.830. The zero-order valence-corrected chi connectivity index (χ0v) is 39.3. The Morgan fingerprint density at radius 3 is 0.983 bits per heavy atom. The third-order valence-electron chi connectivity index (χ3n) is 11.1. The van der Waals surface area contributed by atoms with Gasteiger partial charge in [0.05, 0.1) is 0 Å². The number of esters is 3. The van der Waals surface area contributed by atoms with Crippen LogP contribution in [-0.4, -0.2) is 37.2 Å². The molecule has 0 aliphatic heterocycles. The molecule has 1 unspecified atom stereocenters. The lowest BCUT2D eigenvalue weighted by Gasteiger charge is -2.18. The van der Waals surface area contributed by atoms with Crippen molar-refractivity contribution in [3.8, 4) is 0 Å². The van der Waals surface area contributed by atoms with Crippen LogP contribution in [0.1, 0.15) is 265 Å². The van der Waals surface area contributed by atoms with Gasteiger partial charge in [0, 0.05) is 19.3 Å². The quantitative estimate of drug-likeness (QED) is 0.0263. The lowest BCUT2D eigenvalue weighted by atomic mass is 10.1. The van der Waals surface area contributed by atoms with Gasteiger partial charge in [0.25, 0.3) is 0 Å². The summed E-state index contributed by atoms with van der Waals surface area (Å²) in [5.41, 5.74) is 0. The molecule has 1 atom stereocenters. The predicted molar refractivity (Wildman–Crippen MR) is 252 cm³/mol. The van der Waals surface area contributed by atoms with E-state index in [9.17, 15) is 14.4 Å². The Bertz CT molecular complexity index is 1000. The number of allylic oxidation sites excluding steroid dienone is 6. The Morgan fingerprint density at radius 1 is 0.339 bits per heavy atom. The van der Waals surface area contributed by atoms with E-state index < -0.39 is 6.10 Å². The van der Waals surface area contributed by atoms with Crippen molar-refractivity contribution in [2.75, 3.05) is 13.2 Å². The first kappa shape index (κ1) is 56.6. The summed E-state index contributed by atoms with van der Waals surface area (Å²) < 4.78 is 16.7. The van der Waals surface area contributed by atoms with Crippen molar-refractivity contribution in [2.24, 2.45) is 0 Å². The smallest absolute Gasteiger partial charge is 0.306 e. The van der Waals surface area contributed by atoms with Crippen molar-refractivity contribution in [1.29, 1.82) is 0 Å².